The molecule has 0 atom stereocenters. The number of H-pyrrole nitrogens is 1. The van der Waals surface area contributed by atoms with Gasteiger partial charge in [-0.15, -0.1) is 0 Å². The standard InChI is InChI=1S/C13H9BrN2O/c1-8-5-10(7-15)13(17)16-12(8)9-3-2-4-11(14)6-9/h2-6H,1H3,(H,16,17). The number of aryl methyl sites for hydroxylation is 1. The molecular formula is C13H9BrN2O. The lowest BCUT2D eigenvalue weighted by molar-refractivity contribution is 1.18. The lowest BCUT2D eigenvalue weighted by Crippen LogP contribution is -2.11. The van der Waals surface area contributed by atoms with Crippen LogP contribution in [0.4, 0.5) is 0 Å². The molecule has 3 nitrogen and oxygen atoms in total. The molecule has 1 N–H and O–H groups in total. The molecule has 0 aliphatic heterocycles. The second kappa shape index (κ2) is 4.56. The zero-order valence-corrected chi connectivity index (χ0v) is 10.7. The van der Waals surface area contributed by atoms with Crippen molar-refractivity contribution < 1.29 is 0 Å². The zero-order chi connectivity index (χ0) is 12.4. The maximum atomic E-state index is 11.6. The van der Waals surface area contributed by atoms with Crippen molar-refractivity contribution in [1.82, 2.24) is 4.98 Å². The van der Waals surface area contributed by atoms with Crippen LogP contribution in [-0.4, -0.2) is 4.98 Å². The van der Waals surface area contributed by atoms with Crippen LogP contribution in [0, 0.1) is 18.3 Å². The quantitative estimate of drug-likeness (QED) is 0.877. The van der Waals surface area contributed by atoms with E-state index in [1.807, 2.05) is 37.3 Å². The van der Waals surface area contributed by atoms with Crippen molar-refractivity contribution in [3.8, 4) is 17.3 Å². The van der Waals surface area contributed by atoms with Crippen molar-refractivity contribution in [2.75, 3.05) is 0 Å². The molecule has 84 valence electrons. The predicted molar refractivity (Wildman–Crippen MR) is 69.7 cm³/mol. The van der Waals surface area contributed by atoms with Crippen LogP contribution in [-0.2, 0) is 0 Å². The number of nitrogens with zero attached hydrogens (tertiary/aromatic N) is 1. The number of nitrogens with one attached hydrogen (secondary N) is 1. The molecule has 0 bridgehead atoms. The third-order valence-electron chi connectivity index (χ3n) is 2.47. The summed E-state index contributed by atoms with van der Waals surface area (Å²) in [6.07, 6.45) is 0. The van der Waals surface area contributed by atoms with E-state index in [9.17, 15) is 4.79 Å². The van der Waals surface area contributed by atoms with Gasteiger partial charge >= 0.3 is 0 Å². The highest BCUT2D eigenvalue weighted by atomic mass is 79.9. The molecule has 0 radical (unpaired) electrons. The summed E-state index contributed by atoms with van der Waals surface area (Å²) >= 11 is 3.39. The summed E-state index contributed by atoms with van der Waals surface area (Å²) in [5, 5.41) is 8.77. The van der Waals surface area contributed by atoms with Crippen LogP contribution in [0.3, 0.4) is 0 Å². The van der Waals surface area contributed by atoms with Crippen molar-refractivity contribution in [2.24, 2.45) is 0 Å². The van der Waals surface area contributed by atoms with E-state index in [0.29, 0.717) is 0 Å². The fourth-order valence-corrected chi connectivity index (χ4v) is 2.06. The fourth-order valence-electron chi connectivity index (χ4n) is 1.66. The maximum Gasteiger partial charge on any atom is 0.266 e. The van der Waals surface area contributed by atoms with E-state index in [0.717, 1.165) is 21.3 Å². The van der Waals surface area contributed by atoms with E-state index in [4.69, 9.17) is 5.26 Å². The second-order valence-corrected chi connectivity index (χ2v) is 4.61. The molecule has 0 aliphatic carbocycles. The Balaban J connectivity index is 2.66. The average Bonchev–Trinajstić information content (AvgIpc) is 2.31. The largest absolute Gasteiger partial charge is 0.321 e. The van der Waals surface area contributed by atoms with Gasteiger partial charge in [-0.25, -0.2) is 0 Å². The van der Waals surface area contributed by atoms with Crippen LogP contribution in [0.2, 0.25) is 0 Å². The van der Waals surface area contributed by atoms with Gasteiger partial charge in [0.05, 0.1) is 5.69 Å². The Kier molecular flexibility index (Phi) is 3.12. The van der Waals surface area contributed by atoms with E-state index in [-0.39, 0.29) is 11.1 Å². The summed E-state index contributed by atoms with van der Waals surface area (Å²) in [6.45, 7) is 1.87. The molecule has 0 fully saturated rings. The highest BCUT2D eigenvalue weighted by Gasteiger charge is 2.07. The van der Waals surface area contributed by atoms with E-state index in [1.54, 1.807) is 6.07 Å². The van der Waals surface area contributed by atoms with Gasteiger partial charge in [0.25, 0.3) is 5.56 Å². The van der Waals surface area contributed by atoms with E-state index < -0.39 is 0 Å². The van der Waals surface area contributed by atoms with Crippen LogP contribution in [0.5, 0.6) is 0 Å². The van der Waals surface area contributed by atoms with Gasteiger partial charge in [-0.2, -0.15) is 5.26 Å². The van der Waals surface area contributed by atoms with Gasteiger partial charge in [0.2, 0.25) is 0 Å². The number of pyridine rings is 1. The molecule has 17 heavy (non-hydrogen) atoms. The SMILES string of the molecule is Cc1cc(C#N)c(=O)[nH]c1-c1cccc(Br)c1. The third-order valence-corrected chi connectivity index (χ3v) is 2.97. The molecule has 1 heterocycles. The number of benzene rings is 1. The molecule has 2 rings (SSSR count). The topological polar surface area (TPSA) is 56.6 Å². The van der Waals surface area contributed by atoms with E-state index >= 15 is 0 Å². The summed E-state index contributed by atoms with van der Waals surface area (Å²) in [5.74, 6) is 0. The summed E-state index contributed by atoms with van der Waals surface area (Å²) in [5.41, 5.74) is 2.32. The van der Waals surface area contributed by atoms with Gasteiger partial charge < -0.3 is 4.98 Å². The van der Waals surface area contributed by atoms with Crippen molar-refractivity contribution >= 4 is 15.9 Å². The van der Waals surface area contributed by atoms with Gasteiger partial charge in [-0.05, 0) is 36.2 Å². The van der Waals surface area contributed by atoms with Crippen LogP contribution in [0.25, 0.3) is 11.3 Å². The Morgan fingerprint density at radius 1 is 1.35 bits per heavy atom. The van der Waals surface area contributed by atoms with Crippen LogP contribution in [0.1, 0.15) is 11.1 Å². The normalized spacial score (nSPS) is 9.94. The molecule has 0 saturated carbocycles. The number of rotatable bonds is 1. The number of halogens is 1. The molecule has 2 aromatic rings. The minimum atomic E-state index is -0.354. The van der Waals surface area contributed by atoms with Crippen molar-refractivity contribution in [3.63, 3.8) is 0 Å². The maximum absolute atomic E-state index is 11.6. The smallest absolute Gasteiger partial charge is 0.266 e. The number of hydrogen-bond donors (Lipinski definition) is 1. The first-order valence-electron chi connectivity index (χ1n) is 5.02. The molecule has 4 heteroatoms. The van der Waals surface area contributed by atoms with Crippen molar-refractivity contribution in [1.29, 1.82) is 5.26 Å². The highest BCUT2D eigenvalue weighted by molar-refractivity contribution is 9.10. The highest BCUT2D eigenvalue weighted by Crippen LogP contribution is 2.23. The van der Waals surface area contributed by atoms with Gasteiger partial charge in [0.1, 0.15) is 11.6 Å². The molecule has 0 spiro atoms. The average molecular weight is 289 g/mol. The molecule has 0 aliphatic rings. The summed E-state index contributed by atoms with van der Waals surface area (Å²) in [7, 11) is 0. The molecule has 1 aromatic heterocycles. The van der Waals surface area contributed by atoms with Gasteiger partial charge in [-0.1, -0.05) is 28.1 Å². The number of aromatic nitrogens is 1. The molecule has 0 amide bonds. The predicted octanol–water partition coefficient (Wildman–Crippen LogP) is 2.98. The Morgan fingerprint density at radius 3 is 2.76 bits per heavy atom. The first kappa shape index (κ1) is 11.6. The lowest BCUT2D eigenvalue weighted by Gasteiger charge is -2.06. The van der Waals surface area contributed by atoms with Crippen LogP contribution in [0.15, 0.2) is 39.6 Å². The van der Waals surface area contributed by atoms with Gasteiger partial charge in [0.15, 0.2) is 0 Å². The zero-order valence-electron chi connectivity index (χ0n) is 9.12. The number of nitriles is 1. The molecular weight excluding hydrogens is 280 g/mol. The summed E-state index contributed by atoms with van der Waals surface area (Å²) < 4.78 is 0.944. The first-order chi connectivity index (χ1) is 8.11. The Bertz CT molecular complexity index is 668. The first-order valence-corrected chi connectivity index (χ1v) is 5.81. The molecule has 0 unspecified atom stereocenters. The Labute approximate surface area is 107 Å². The second-order valence-electron chi connectivity index (χ2n) is 3.69. The van der Waals surface area contributed by atoms with Gasteiger partial charge in [0, 0.05) is 4.47 Å². The van der Waals surface area contributed by atoms with Gasteiger partial charge in [-0.3, -0.25) is 4.79 Å². The molecule has 1 aromatic carbocycles. The number of hydrogen-bond acceptors (Lipinski definition) is 2. The molecule has 0 saturated heterocycles. The summed E-state index contributed by atoms with van der Waals surface area (Å²) in [4.78, 5) is 14.3. The van der Waals surface area contributed by atoms with Crippen molar-refractivity contribution in [2.45, 2.75) is 6.92 Å². The van der Waals surface area contributed by atoms with Crippen LogP contribution < -0.4 is 5.56 Å². The lowest BCUT2D eigenvalue weighted by atomic mass is 10.1. The third kappa shape index (κ3) is 2.29. The van der Waals surface area contributed by atoms with E-state index in [2.05, 4.69) is 20.9 Å². The van der Waals surface area contributed by atoms with Crippen molar-refractivity contribution in [3.05, 3.63) is 56.3 Å². The fraction of sp³-hybridized carbons (Fsp3) is 0.0769. The Morgan fingerprint density at radius 2 is 2.12 bits per heavy atom. The van der Waals surface area contributed by atoms with E-state index in [1.165, 1.54) is 0 Å². The Hall–Kier alpha value is -1.86. The minimum Gasteiger partial charge on any atom is -0.321 e. The van der Waals surface area contributed by atoms with Crippen LogP contribution >= 0.6 is 15.9 Å². The summed E-state index contributed by atoms with van der Waals surface area (Å²) in [6, 6.07) is 11.1. The minimum absolute atomic E-state index is 0.140. The monoisotopic (exact) mass is 288 g/mol. The number of aromatic amines is 1.